The molecule has 3 N–H and O–H groups in total. The van der Waals surface area contributed by atoms with Gasteiger partial charge < -0.3 is 20.5 Å². The summed E-state index contributed by atoms with van der Waals surface area (Å²) in [4.78, 5) is 4.41. The lowest BCUT2D eigenvalue weighted by atomic mass is 10.1. The highest BCUT2D eigenvalue weighted by Crippen LogP contribution is 2.23. The van der Waals surface area contributed by atoms with E-state index in [1.165, 1.54) is 0 Å². The number of hydrogen-bond acceptors (Lipinski definition) is 3. The normalized spacial score (nSPS) is 11.2. The van der Waals surface area contributed by atoms with Crippen molar-refractivity contribution in [1.29, 1.82) is 0 Å². The molecule has 0 radical (unpaired) electrons. The number of aryl methyl sites for hydroxylation is 1. The first-order valence-electron chi connectivity index (χ1n) is 8.06. The van der Waals surface area contributed by atoms with Gasteiger partial charge >= 0.3 is 0 Å². The second-order valence-electron chi connectivity index (χ2n) is 5.49. The molecule has 0 fully saturated rings. The molecule has 0 atom stereocenters. The maximum atomic E-state index is 6.00. The van der Waals surface area contributed by atoms with E-state index in [1.807, 2.05) is 49.4 Å². The van der Waals surface area contributed by atoms with Crippen molar-refractivity contribution >= 4 is 11.6 Å². The van der Waals surface area contributed by atoms with Crippen molar-refractivity contribution in [3.05, 3.63) is 53.6 Å². The molecule has 0 aliphatic rings. The maximum Gasteiger partial charge on any atom is 0.193 e. The largest absolute Gasteiger partial charge is 0.495 e. The summed E-state index contributed by atoms with van der Waals surface area (Å²) in [7, 11) is 1.62. The van der Waals surface area contributed by atoms with Crippen LogP contribution in [0.25, 0.3) is 0 Å². The van der Waals surface area contributed by atoms with Crippen LogP contribution in [0.15, 0.2) is 47.5 Å². The van der Waals surface area contributed by atoms with Crippen LogP contribution in [-0.4, -0.2) is 19.7 Å². The van der Waals surface area contributed by atoms with Crippen LogP contribution in [0, 0.1) is 6.92 Å². The fourth-order valence-electron chi connectivity index (χ4n) is 2.23. The number of aliphatic imine (C=N–C) groups is 1. The molecule has 0 unspecified atom stereocenters. The monoisotopic (exact) mass is 327 g/mol. The van der Waals surface area contributed by atoms with E-state index in [0.29, 0.717) is 19.1 Å². The average Bonchev–Trinajstić information content (AvgIpc) is 2.59. The molecule has 0 aliphatic heterocycles. The van der Waals surface area contributed by atoms with Gasteiger partial charge in [0.25, 0.3) is 0 Å². The lowest BCUT2D eigenvalue weighted by Crippen LogP contribution is -2.23. The molecule has 0 spiro atoms. The number of guanidine groups is 1. The molecule has 0 saturated carbocycles. The van der Waals surface area contributed by atoms with E-state index in [-0.39, 0.29) is 0 Å². The van der Waals surface area contributed by atoms with Crippen molar-refractivity contribution in [3.8, 4) is 11.5 Å². The zero-order valence-corrected chi connectivity index (χ0v) is 14.5. The molecule has 0 aromatic heterocycles. The van der Waals surface area contributed by atoms with Crippen molar-refractivity contribution in [1.82, 2.24) is 0 Å². The quantitative estimate of drug-likeness (QED) is 0.601. The summed E-state index contributed by atoms with van der Waals surface area (Å²) in [5.41, 5.74) is 8.96. The minimum absolute atomic E-state index is 0.335. The highest BCUT2D eigenvalue weighted by Gasteiger charge is 2.05. The molecule has 2 rings (SSSR count). The first-order chi connectivity index (χ1) is 11.6. The van der Waals surface area contributed by atoms with Crippen LogP contribution in [0.5, 0.6) is 11.5 Å². The number of nitrogens with one attached hydrogen (secondary N) is 1. The van der Waals surface area contributed by atoms with Crippen LogP contribution in [-0.2, 0) is 6.54 Å². The third-order valence-corrected chi connectivity index (χ3v) is 3.47. The Bertz CT molecular complexity index is 699. The predicted octanol–water partition coefficient (Wildman–Crippen LogP) is 3.72. The van der Waals surface area contributed by atoms with Crippen molar-refractivity contribution in [2.45, 2.75) is 26.8 Å². The zero-order valence-electron chi connectivity index (χ0n) is 14.5. The summed E-state index contributed by atoms with van der Waals surface area (Å²) >= 11 is 0. The Morgan fingerprint density at radius 3 is 2.71 bits per heavy atom. The number of nitrogens with two attached hydrogens (primary N) is 1. The first kappa shape index (κ1) is 17.7. The molecule has 128 valence electrons. The second-order valence-corrected chi connectivity index (χ2v) is 5.49. The third kappa shape index (κ3) is 4.91. The maximum absolute atomic E-state index is 6.00. The zero-order chi connectivity index (χ0) is 17.4. The fourth-order valence-corrected chi connectivity index (χ4v) is 2.23. The van der Waals surface area contributed by atoms with Gasteiger partial charge in [-0.05, 0) is 37.1 Å². The summed E-state index contributed by atoms with van der Waals surface area (Å²) in [6.45, 7) is 5.27. The van der Waals surface area contributed by atoms with Gasteiger partial charge in [-0.3, -0.25) is 0 Å². The van der Waals surface area contributed by atoms with Crippen LogP contribution in [0.2, 0.25) is 0 Å². The average molecular weight is 327 g/mol. The summed E-state index contributed by atoms with van der Waals surface area (Å²) in [5, 5.41) is 3.07. The van der Waals surface area contributed by atoms with Gasteiger partial charge in [0.1, 0.15) is 11.5 Å². The highest BCUT2D eigenvalue weighted by molar-refractivity contribution is 5.93. The van der Waals surface area contributed by atoms with Crippen LogP contribution in [0.3, 0.4) is 0 Å². The second kappa shape index (κ2) is 8.82. The molecular weight excluding hydrogens is 302 g/mol. The summed E-state index contributed by atoms with van der Waals surface area (Å²) in [6, 6.07) is 13.7. The van der Waals surface area contributed by atoms with E-state index in [4.69, 9.17) is 15.2 Å². The lowest BCUT2D eigenvalue weighted by Gasteiger charge is -2.12. The number of methoxy groups -OCH3 is 1. The summed E-state index contributed by atoms with van der Waals surface area (Å²) < 4.78 is 11.1. The Balaban J connectivity index is 2.09. The number of para-hydroxylation sites is 2. The Morgan fingerprint density at radius 1 is 1.17 bits per heavy atom. The van der Waals surface area contributed by atoms with Crippen molar-refractivity contribution in [2.24, 2.45) is 10.7 Å². The van der Waals surface area contributed by atoms with Crippen molar-refractivity contribution < 1.29 is 9.47 Å². The minimum atomic E-state index is 0.335. The highest BCUT2D eigenvalue weighted by atomic mass is 16.5. The smallest absolute Gasteiger partial charge is 0.193 e. The SMILES string of the molecule is CCCOc1cc(C)ccc1CN=C(N)Nc1ccccc1OC. The van der Waals surface area contributed by atoms with Crippen LogP contribution in [0.1, 0.15) is 24.5 Å². The van der Waals surface area contributed by atoms with E-state index >= 15 is 0 Å². The Kier molecular flexibility index (Phi) is 6.49. The molecule has 2 aromatic rings. The molecule has 0 heterocycles. The van der Waals surface area contributed by atoms with Crippen molar-refractivity contribution in [2.75, 3.05) is 19.0 Å². The van der Waals surface area contributed by atoms with Gasteiger partial charge in [-0.15, -0.1) is 0 Å². The molecule has 2 aromatic carbocycles. The number of benzene rings is 2. The topological polar surface area (TPSA) is 68.9 Å². The molecule has 0 aliphatic carbocycles. The van der Waals surface area contributed by atoms with Gasteiger partial charge in [-0.25, -0.2) is 4.99 Å². The van der Waals surface area contributed by atoms with E-state index < -0.39 is 0 Å². The number of nitrogens with zero attached hydrogens (tertiary/aromatic N) is 1. The van der Waals surface area contributed by atoms with E-state index in [9.17, 15) is 0 Å². The molecule has 0 saturated heterocycles. The van der Waals surface area contributed by atoms with E-state index in [2.05, 4.69) is 17.2 Å². The van der Waals surface area contributed by atoms with Gasteiger partial charge in [0.05, 0.1) is 25.9 Å². The molecule has 0 bridgehead atoms. The van der Waals surface area contributed by atoms with Crippen LogP contribution in [0.4, 0.5) is 5.69 Å². The third-order valence-electron chi connectivity index (χ3n) is 3.47. The predicted molar refractivity (Wildman–Crippen MR) is 98.9 cm³/mol. The Morgan fingerprint density at radius 2 is 1.96 bits per heavy atom. The molecule has 5 nitrogen and oxygen atoms in total. The molecular formula is C19H25N3O2. The lowest BCUT2D eigenvalue weighted by molar-refractivity contribution is 0.314. The molecule has 5 heteroatoms. The van der Waals surface area contributed by atoms with Gasteiger partial charge in [0, 0.05) is 5.56 Å². The van der Waals surface area contributed by atoms with Crippen molar-refractivity contribution in [3.63, 3.8) is 0 Å². The number of anilines is 1. The van der Waals surface area contributed by atoms with Gasteiger partial charge in [-0.1, -0.05) is 31.2 Å². The van der Waals surface area contributed by atoms with E-state index in [1.54, 1.807) is 7.11 Å². The van der Waals surface area contributed by atoms with E-state index in [0.717, 1.165) is 34.7 Å². The summed E-state index contributed by atoms with van der Waals surface area (Å²) in [6.07, 6.45) is 0.966. The molecule has 24 heavy (non-hydrogen) atoms. The molecule has 0 amide bonds. The first-order valence-corrected chi connectivity index (χ1v) is 8.06. The minimum Gasteiger partial charge on any atom is -0.495 e. The van der Waals surface area contributed by atoms with Crippen LogP contribution < -0.4 is 20.5 Å². The van der Waals surface area contributed by atoms with Gasteiger partial charge in [0.15, 0.2) is 5.96 Å². The number of hydrogen-bond donors (Lipinski definition) is 2. The number of ether oxygens (including phenoxy) is 2. The van der Waals surface area contributed by atoms with Crippen LogP contribution >= 0.6 is 0 Å². The fraction of sp³-hybridized carbons (Fsp3) is 0.316. The Hall–Kier alpha value is -2.69. The van der Waals surface area contributed by atoms with Gasteiger partial charge in [0.2, 0.25) is 0 Å². The standard InChI is InChI=1S/C19H25N3O2/c1-4-11-24-18-12-14(2)9-10-15(18)13-21-19(20)22-16-7-5-6-8-17(16)23-3/h5-10,12H,4,11,13H2,1-3H3,(H3,20,21,22). The summed E-state index contributed by atoms with van der Waals surface area (Å²) in [5.74, 6) is 1.92. The number of rotatable bonds is 7. The Labute approximate surface area is 143 Å². The van der Waals surface area contributed by atoms with Gasteiger partial charge in [-0.2, -0.15) is 0 Å².